The molecule has 2 aromatic carbocycles. The summed E-state index contributed by atoms with van der Waals surface area (Å²) < 4.78 is 5.59. The Morgan fingerprint density at radius 3 is 2.46 bits per heavy atom. The van der Waals surface area contributed by atoms with E-state index >= 15 is 0 Å². The van der Waals surface area contributed by atoms with Crippen LogP contribution in [0.4, 0.5) is 5.69 Å². The number of benzene rings is 2. The molecule has 3 aromatic rings. The molecule has 0 bridgehead atoms. The number of carbonyl (C=O) groups is 1. The van der Waals surface area contributed by atoms with Gasteiger partial charge in [0.2, 0.25) is 0 Å². The molecule has 1 aromatic heterocycles. The Morgan fingerprint density at radius 1 is 1.00 bits per heavy atom. The third-order valence-corrected chi connectivity index (χ3v) is 5.35. The van der Waals surface area contributed by atoms with Crippen LogP contribution >= 0.6 is 0 Å². The van der Waals surface area contributed by atoms with Crippen LogP contribution in [0.1, 0.15) is 41.7 Å². The summed E-state index contributed by atoms with van der Waals surface area (Å²) in [4.78, 5) is 13.2. The Kier molecular flexibility index (Phi) is 5.13. The molecular formula is C24H24N2O2. The van der Waals surface area contributed by atoms with Crippen molar-refractivity contribution < 1.29 is 9.21 Å². The number of rotatable bonds is 5. The standard InChI is InChI=1S/C24H24N2O2/c1-16-8-5-6-11-19(16)26-20-14-18(22-12-7-13-28-22)15-21(27)23(20)24(25)17-9-3-2-4-10-17/h2-13,18,24,26H,14-15,25H2,1H3. The molecule has 0 aliphatic heterocycles. The number of allylic oxidation sites excluding steroid dienone is 1. The molecule has 28 heavy (non-hydrogen) atoms. The third kappa shape index (κ3) is 3.64. The Labute approximate surface area is 165 Å². The average Bonchev–Trinajstić information content (AvgIpc) is 3.25. The zero-order valence-corrected chi connectivity index (χ0v) is 15.9. The van der Waals surface area contributed by atoms with Crippen LogP contribution in [-0.4, -0.2) is 5.78 Å². The van der Waals surface area contributed by atoms with Gasteiger partial charge in [-0.3, -0.25) is 4.79 Å². The summed E-state index contributed by atoms with van der Waals surface area (Å²) in [5, 5.41) is 3.51. The molecule has 3 N–H and O–H groups in total. The number of hydrogen-bond donors (Lipinski definition) is 2. The van der Waals surface area contributed by atoms with Crippen LogP contribution in [-0.2, 0) is 4.79 Å². The summed E-state index contributed by atoms with van der Waals surface area (Å²) in [5.74, 6) is 0.922. The van der Waals surface area contributed by atoms with Crippen molar-refractivity contribution in [2.24, 2.45) is 5.73 Å². The van der Waals surface area contributed by atoms with Crippen LogP contribution in [0.5, 0.6) is 0 Å². The van der Waals surface area contributed by atoms with Crippen molar-refractivity contribution in [3.05, 3.63) is 101 Å². The second-order valence-electron chi connectivity index (χ2n) is 7.26. The maximum absolute atomic E-state index is 13.2. The Morgan fingerprint density at radius 2 is 1.75 bits per heavy atom. The molecule has 2 unspecified atom stereocenters. The topological polar surface area (TPSA) is 68.3 Å². The van der Waals surface area contributed by atoms with Crippen LogP contribution in [0.15, 0.2) is 88.7 Å². The van der Waals surface area contributed by atoms with Crippen LogP contribution in [0.25, 0.3) is 0 Å². The molecule has 0 radical (unpaired) electrons. The lowest BCUT2D eigenvalue weighted by Crippen LogP contribution is -2.29. The van der Waals surface area contributed by atoms with Gasteiger partial charge >= 0.3 is 0 Å². The van der Waals surface area contributed by atoms with Crippen molar-refractivity contribution in [3.8, 4) is 0 Å². The lowest BCUT2D eigenvalue weighted by atomic mass is 9.80. The zero-order valence-electron chi connectivity index (χ0n) is 15.9. The predicted molar refractivity (Wildman–Crippen MR) is 111 cm³/mol. The van der Waals surface area contributed by atoms with Crippen LogP contribution in [0.3, 0.4) is 0 Å². The number of nitrogens with one attached hydrogen (secondary N) is 1. The first kappa shape index (κ1) is 18.3. The van der Waals surface area contributed by atoms with Crippen molar-refractivity contribution in [1.29, 1.82) is 0 Å². The van der Waals surface area contributed by atoms with Gasteiger partial charge in [-0.25, -0.2) is 0 Å². The fourth-order valence-corrected chi connectivity index (χ4v) is 3.84. The van der Waals surface area contributed by atoms with Crippen LogP contribution < -0.4 is 11.1 Å². The van der Waals surface area contributed by atoms with Crippen LogP contribution in [0.2, 0.25) is 0 Å². The van der Waals surface area contributed by atoms with E-state index in [-0.39, 0.29) is 11.7 Å². The van der Waals surface area contributed by atoms with E-state index in [0.29, 0.717) is 18.4 Å². The van der Waals surface area contributed by atoms with Crippen molar-refractivity contribution >= 4 is 11.5 Å². The summed E-state index contributed by atoms with van der Waals surface area (Å²) >= 11 is 0. The minimum absolute atomic E-state index is 0.0146. The second kappa shape index (κ2) is 7.87. The number of para-hydroxylation sites is 1. The zero-order chi connectivity index (χ0) is 19.5. The molecule has 0 fully saturated rings. The Bertz CT molecular complexity index is 990. The van der Waals surface area contributed by atoms with E-state index in [2.05, 4.69) is 5.32 Å². The number of furan rings is 1. The molecule has 142 valence electrons. The first-order chi connectivity index (χ1) is 13.6. The summed E-state index contributed by atoms with van der Waals surface area (Å²) in [6, 6.07) is 21.2. The molecule has 4 nitrogen and oxygen atoms in total. The molecule has 1 heterocycles. The molecular weight excluding hydrogens is 348 g/mol. The number of ketones is 1. The predicted octanol–water partition coefficient (Wildman–Crippen LogP) is 5.10. The Balaban J connectivity index is 1.76. The van der Waals surface area contributed by atoms with Gasteiger partial charge in [-0.1, -0.05) is 48.5 Å². The maximum Gasteiger partial charge on any atom is 0.163 e. The fraction of sp³-hybridized carbons (Fsp3) is 0.208. The molecule has 0 saturated heterocycles. The van der Waals surface area contributed by atoms with Crippen molar-refractivity contribution in [3.63, 3.8) is 0 Å². The van der Waals surface area contributed by atoms with Gasteiger partial charge in [-0.05, 0) is 42.7 Å². The van der Waals surface area contributed by atoms with Crippen molar-refractivity contribution in [2.75, 3.05) is 5.32 Å². The second-order valence-corrected chi connectivity index (χ2v) is 7.26. The molecule has 2 atom stereocenters. The van der Waals surface area contributed by atoms with Gasteiger partial charge < -0.3 is 15.5 Å². The minimum Gasteiger partial charge on any atom is -0.469 e. The van der Waals surface area contributed by atoms with Crippen LogP contribution in [0, 0.1) is 6.92 Å². The first-order valence-corrected chi connectivity index (χ1v) is 9.56. The SMILES string of the molecule is Cc1ccccc1NC1=C(C(N)c2ccccc2)C(=O)CC(c2ccco2)C1. The van der Waals surface area contributed by atoms with E-state index in [1.165, 1.54) is 0 Å². The van der Waals surface area contributed by atoms with Gasteiger partial charge in [-0.15, -0.1) is 0 Å². The van der Waals surface area contributed by atoms with E-state index in [1.807, 2.05) is 73.7 Å². The lowest BCUT2D eigenvalue weighted by Gasteiger charge is -2.29. The summed E-state index contributed by atoms with van der Waals surface area (Å²) in [6.07, 6.45) is 2.75. The summed E-state index contributed by atoms with van der Waals surface area (Å²) in [7, 11) is 0. The van der Waals surface area contributed by atoms with Gasteiger partial charge in [0.1, 0.15) is 5.76 Å². The third-order valence-electron chi connectivity index (χ3n) is 5.35. The van der Waals surface area contributed by atoms with E-state index in [1.54, 1.807) is 6.26 Å². The molecule has 0 amide bonds. The van der Waals surface area contributed by atoms with Crippen molar-refractivity contribution in [2.45, 2.75) is 31.7 Å². The monoisotopic (exact) mass is 372 g/mol. The molecule has 1 aliphatic carbocycles. The average molecular weight is 372 g/mol. The normalized spacial score (nSPS) is 18.2. The number of carbonyl (C=O) groups excluding carboxylic acids is 1. The van der Waals surface area contributed by atoms with Gasteiger partial charge in [0.05, 0.1) is 12.3 Å². The van der Waals surface area contributed by atoms with E-state index in [9.17, 15) is 4.79 Å². The Hall–Kier alpha value is -3.11. The quantitative estimate of drug-likeness (QED) is 0.654. The highest BCUT2D eigenvalue weighted by molar-refractivity contribution is 5.99. The number of Topliss-reactive ketones (excluding diaryl/α,β-unsaturated/α-hetero) is 1. The van der Waals surface area contributed by atoms with Gasteiger partial charge in [0.15, 0.2) is 5.78 Å². The summed E-state index contributed by atoms with van der Waals surface area (Å²) in [5.41, 5.74) is 11.2. The highest BCUT2D eigenvalue weighted by atomic mass is 16.3. The smallest absolute Gasteiger partial charge is 0.163 e. The lowest BCUT2D eigenvalue weighted by molar-refractivity contribution is -0.116. The van der Waals surface area contributed by atoms with Gasteiger partial charge in [0.25, 0.3) is 0 Å². The number of nitrogens with two attached hydrogens (primary N) is 1. The van der Waals surface area contributed by atoms with Gasteiger partial charge in [0, 0.05) is 29.3 Å². The number of hydrogen-bond acceptors (Lipinski definition) is 4. The summed E-state index contributed by atoms with van der Waals surface area (Å²) in [6.45, 7) is 2.05. The largest absolute Gasteiger partial charge is 0.469 e. The molecule has 0 spiro atoms. The minimum atomic E-state index is -0.460. The number of anilines is 1. The van der Waals surface area contributed by atoms with E-state index < -0.39 is 6.04 Å². The maximum atomic E-state index is 13.2. The fourth-order valence-electron chi connectivity index (χ4n) is 3.84. The number of aryl methyl sites for hydroxylation is 1. The highest BCUT2D eigenvalue weighted by Crippen LogP contribution is 2.39. The molecule has 1 aliphatic rings. The molecule has 0 saturated carbocycles. The first-order valence-electron chi connectivity index (χ1n) is 9.56. The van der Waals surface area contributed by atoms with Gasteiger partial charge in [-0.2, -0.15) is 0 Å². The molecule has 4 heteroatoms. The van der Waals surface area contributed by atoms with E-state index in [0.717, 1.165) is 28.3 Å². The highest BCUT2D eigenvalue weighted by Gasteiger charge is 2.33. The van der Waals surface area contributed by atoms with Crippen molar-refractivity contribution in [1.82, 2.24) is 0 Å². The molecule has 4 rings (SSSR count). The van der Waals surface area contributed by atoms with E-state index in [4.69, 9.17) is 10.2 Å².